The van der Waals surface area contributed by atoms with Crippen LogP contribution in [0.3, 0.4) is 0 Å². The molecule has 36 heavy (non-hydrogen) atoms. The summed E-state index contributed by atoms with van der Waals surface area (Å²) in [5.74, 6) is 0.0773. The number of hydrogen-bond acceptors (Lipinski definition) is 3. The molecule has 0 saturated heterocycles. The third-order valence-corrected chi connectivity index (χ3v) is 6.09. The summed E-state index contributed by atoms with van der Waals surface area (Å²) in [6, 6.07) is 24.5. The fourth-order valence-electron chi connectivity index (χ4n) is 3.86. The molecule has 0 aliphatic rings. The van der Waals surface area contributed by atoms with Crippen LogP contribution in [0.25, 0.3) is 0 Å². The number of para-hydroxylation sites is 1. The SMILES string of the molecule is CC[C@H](C)NC(=O)[C@@H](Cc1ccccc1)N(Cc1ccc(F)cc1)C(=O)CCCOc1ccccc1. The standard InChI is InChI=1S/C30H35FN2O3/c1-3-23(2)32-30(35)28(21-24-11-6-4-7-12-24)33(22-25-16-18-26(31)19-17-25)29(34)15-10-20-36-27-13-8-5-9-14-27/h4-9,11-14,16-19,23,28H,3,10,15,20-22H2,1-2H3,(H,32,35)/t23-,28+/m0/s1. The van der Waals surface area contributed by atoms with Gasteiger partial charge in [0.15, 0.2) is 0 Å². The average Bonchev–Trinajstić information content (AvgIpc) is 2.90. The Kier molecular flexibility index (Phi) is 10.5. The van der Waals surface area contributed by atoms with E-state index in [4.69, 9.17) is 4.74 Å². The maximum atomic E-state index is 13.5. The van der Waals surface area contributed by atoms with Gasteiger partial charge in [0.05, 0.1) is 6.61 Å². The molecule has 6 heteroatoms. The molecule has 0 bridgehead atoms. The van der Waals surface area contributed by atoms with Crippen LogP contribution in [-0.4, -0.2) is 35.4 Å². The van der Waals surface area contributed by atoms with Gasteiger partial charge in [0, 0.05) is 25.4 Å². The van der Waals surface area contributed by atoms with Crippen molar-refractivity contribution in [3.05, 3.63) is 102 Å². The molecule has 0 aromatic heterocycles. The molecule has 2 atom stereocenters. The van der Waals surface area contributed by atoms with Crippen LogP contribution in [0, 0.1) is 5.82 Å². The number of nitrogens with one attached hydrogen (secondary N) is 1. The highest BCUT2D eigenvalue weighted by Crippen LogP contribution is 2.18. The smallest absolute Gasteiger partial charge is 0.243 e. The van der Waals surface area contributed by atoms with Crippen LogP contribution in [0.2, 0.25) is 0 Å². The number of halogens is 1. The number of amides is 2. The normalized spacial score (nSPS) is 12.4. The van der Waals surface area contributed by atoms with E-state index in [-0.39, 0.29) is 36.6 Å². The second-order valence-corrected chi connectivity index (χ2v) is 8.94. The van der Waals surface area contributed by atoms with Crippen LogP contribution < -0.4 is 10.1 Å². The van der Waals surface area contributed by atoms with Crippen LogP contribution in [0.4, 0.5) is 4.39 Å². The van der Waals surface area contributed by atoms with Gasteiger partial charge in [-0.2, -0.15) is 0 Å². The molecule has 2 amide bonds. The summed E-state index contributed by atoms with van der Waals surface area (Å²) in [4.78, 5) is 28.6. The van der Waals surface area contributed by atoms with Gasteiger partial charge in [0.2, 0.25) is 11.8 Å². The van der Waals surface area contributed by atoms with E-state index in [2.05, 4.69) is 5.32 Å². The Bertz CT molecular complexity index is 1070. The third kappa shape index (κ3) is 8.52. The van der Waals surface area contributed by atoms with Crippen molar-refractivity contribution in [3.63, 3.8) is 0 Å². The summed E-state index contributed by atoms with van der Waals surface area (Å²) in [7, 11) is 0. The first-order chi connectivity index (χ1) is 17.5. The van der Waals surface area contributed by atoms with E-state index in [1.807, 2.05) is 74.5 Å². The van der Waals surface area contributed by atoms with E-state index in [1.165, 1.54) is 12.1 Å². The first kappa shape index (κ1) is 26.9. The lowest BCUT2D eigenvalue weighted by Crippen LogP contribution is -2.52. The van der Waals surface area contributed by atoms with Crippen molar-refractivity contribution < 1.29 is 18.7 Å². The number of hydrogen-bond donors (Lipinski definition) is 1. The molecule has 0 aliphatic carbocycles. The Morgan fingerprint density at radius 2 is 1.56 bits per heavy atom. The number of carbonyl (C=O) groups is 2. The minimum atomic E-state index is -0.700. The zero-order chi connectivity index (χ0) is 25.8. The van der Waals surface area contributed by atoms with Crippen LogP contribution in [-0.2, 0) is 22.6 Å². The van der Waals surface area contributed by atoms with Crippen molar-refractivity contribution in [3.8, 4) is 5.75 Å². The number of rotatable bonds is 13. The Morgan fingerprint density at radius 3 is 2.19 bits per heavy atom. The molecule has 3 aromatic carbocycles. The van der Waals surface area contributed by atoms with Gasteiger partial charge < -0.3 is 15.0 Å². The van der Waals surface area contributed by atoms with Gasteiger partial charge in [-0.1, -0.05) is 67.6 Å². The molecule has 0 saturated carbocycles. The Hall–Kier alpha value is -3.67. The lowest BCUT2D eigenvalue weighted by molar-refractivity contribution is -0.141. The van der Waals surface area contributed by atoms with E-state index < -0.39 is 6.04 Å². The molecule has 0 radical (unpaired) electrons. The molecule has 190 valence electrons. The van der Waals surface area contributed by atoms with Gasteiger partial charge in [-0.25, -0.2) is 4.39 Å². The maximum Gasteiger partial charge on any atom is 0.243 e. The molecule has 3 rings (SSSR count). The maximum absolute atomic E-state index is 13.5. The summed E-state index contributed by atoms with van der Waals surface area (Å²) in [6.45, 7) is 4.56. The number of ether oxygens (including phenoxy) is 1. The van der Waals surface area contributed by atoms with Gasteiger partial charge in [0.1, 0.15) is 17.6 Å². The fraction of sp³-hybridized carbons (Fsp3) is 0.333. The van der Waals surface area contributed by atoms with Crippen LogP contribution in [0.5, 0.6) is 5.75 Å². The summed E-state index contributed by atoms with van der Waals surface area (Å²) >= 11 is 0. The van der Waals surface area contributed by atoms with Crippen molar-refractivity contribution in [2.75, 3.05) is 6.61 Å². The summed E-state index contributed by atoms with van der Waals surface area (Å²) in [6.07, 6.45) is 1.91. The van der Waals surface area contributed by atoms with Gasteiger partial charge in [0.25, 0.3) is 0 Å². The van der Waals surface area contributed by atoms with E-state index in [1.54, 1.807) is 17.0 Å². The highest BCUT2D eigenvalue weighted by Gasteiger charge is 2.30. The Balaban J connectivity index is 1.80. The average molecular weight is 491 g/mol. The lowest BCUT2D eigenvalue weighted by atomic mass is 10.0. The molecule has 5 nitrogen and oxygen atoms in total. The molecule has 1 N–H and O–H groups in total. The van der Waals surface area contributed by atoms with Crippen molar-refractivity contribution in [1.29, 1.82) is 0 Å². The first-order valence-corrected chi connectivity index (χ1v) is 12.5. The number of benzene rings is 3. The van der Waals surface area contributed by atoms with E-state index >= 15 is 0 Å². The van der Waals surface area contributed by atoms with Crippen molar-refractivity contribution in [2.24, 2.45) is 0 Å². The van der Waals surface area contributed by atoms with Gasteiger partial charge in [-0.3, -0.25) is 9.59 Å². The van der Waals surface area contributed by atoms with Gasteiger partial charge in [-0.15, -0.1) is 0 Å². The minimum Gasteiger partial charge on any atom is -0.494 e. The molecular weight excluding hydrogens is 455 g/mol. The molecular formula is C30H35FN2O3. The Morgan fingerprint density at radius 1 is 0.917 bits per heavy atom. The molecule has 0 spiro atoms. The summed E-state index contributed by atoms with van der Waals surface area (Å²) in [5.41, 5.74) is 1.73. The predicted molar refractivity (Wildman–Crippen MR) is 140 cm³/mol. The highest BCUT2D eigenvalue weighted by molar-refractivity contribution is 5.88. The van der Waals surface area contributed by atoms with Crippen LogP contribution in [0.1, 0.15) is 44.2 Å². The second kappa shape index (κ2) is 14.0. The van der Waals surface area contributed by atoms with Gasteiger partial charge in [-0.05, 0) is 55.2 Å². The largest absolute Gasteiger partial charge is 0.494 e. The van der Waals surface area contributed by atoms with Crippen LogP contribution in [0.15, 0.2) is 84.9 Å². The zero-order valence-corrected chi connectivity index (χ0v) is 21.0. The predicted octanol–water partition coefficient (Wildman–Crippen LogP) is 5.54. The topological polar surface area (TPSA) is 58.6 Å². The van der Waals surface area contributed by atoms with Crippen molar-refractivity contribution in [1.82, 2.24) is 10.2 Å². The van der Waals surface area contributed by atoms with E-state index in [0.29, 0.717) is 19.4 Å². The van der Waals surface area contributed by atoms with Crippen molar-refractivity contribution in [2.45, 2.75) is 58.2 Å². The minimum absolute atomic E-state index is 0.0159. The van der Waals surface area contributed by atoms with E-state index in [0.717, 1.165) is 23.3 Å². The quantitative estimate of drug-likeness (QED) is 0.320. The first-order valence-electron chi connectivity index (χ1n) is 12.5. The second-order valence-electron chi connectivity index (χ2n) is 8.94. The number of nitrogens with zero attached hydrogens (tertiary/aromatic N) is 1. The van der Waals surface area contributed by atoms with Crippen molar-refractivity contribution >= 4 is 11.8 Å². The monoisotopic (exact) mass is 490 g/mol. The zero-order valence-electron chi connectivity index (χ0n) is 21.0. The highest BCUT2D eigenvalue weighted by atomic mass is 19.1. The molecule has 3 aromatic rings. The van der Waals surface area contributed by atoms with E-state index in [9.17, 15) is 14.0 Å². The molecule has 0 unspecified atom stereocenters. The molecule has 0 heterocycles. The molecule has 0 fully saturated rings. The van der Waals surface area contributed by atoms with Crippen LogP contribution >= 0.6 is 0 Å². The summed E-state index contributed by atoms with van der Waals surface area (Å²) in [5, 5.41) is 3.05. The summed E-state index contributed by atoms with van der Waals surface area (Å²) < 4.78 is 19.3. The number of carbonyl (C=O) groups excluding carboxylic acids is 2. The Labute approximate surface area is 213 Å². The third-order valence-electron chi connectivity index (χ3n) is 6.09. The lowest BCUT2D eigenvalue weighted by Gasteiger charge is -2.32. The fourth-order valence-corrected chi connectivity index (χ4v) is 3.86. The molecule has 0 aliphatic heterocycles. The van der Waals surface area contributed by atoms with Gasteiger partial charge >= 0.3 is 0 Å².